The summed E-state index contributed by atoms with van der Waals surface area (Å²) in [6.45, 7) is 0. The molecule has 0 saturated heterocycles. The molecule has 0 aliphatic carbocycles. The van der Waals surface area contributed by atoms with Gasteiger partial charge in [0, 0.05) is 59.9 Å². The number of hydrogen-bond donors (Lipinski definition) is 7. The lowest BCUT2D eigenvalue weighted by Gasteiger charge is -2.25. The van der Waals surface area contributed by atoms with Crippen LogP contribution in [0.5, 0.6) is 5.75 Å². The number of rotatable bonds is 9. The molecule has 3 atom stereocenters. The van der Waals surface area contributed by atoms with E-state index in [1.807, 2.05) is 54.7 Å². The van der Waals surface area contributed by atoms with Gasteiger partial charge < -0.3 is 36.8 Å². The lowest BCUT2D eigenvalue weighted by molar-refractivity contribution is -0.133. The third-order valence-corrected chi connectivity index (χ3v) is 9.93. The Kier molecular flexibility index (Phi) is 10.6. The van der Waals surface area contributed by atoms with Crippen LogP contribution in [0, 0.1) is 0 Å². The molecule has 6 aromatic rings. The molecule has 2 aromatic heterocycles. The topological polar surface area (TPSA) is 182 Å². The molecule has 1 aliphatic heterocycles. The summed E-state index contributed by atoms with van der Waals surface area (Å²) < 4.78 is 0. The second kappa shape index (κ2) is 16.0. The number of nitrogens with two attached hydrogens (primary N) is 1. The average Bonchev–Trinajstić information content (AvgIpc) is 3.77. The average molecular weight is 723 g/mol. The van der Waals surface area contributed by atoms with Crippen LogP contribution >= 0.6 is 0 Å². The number of primary amides is 1. The zero-order chi connectivity index (χ0) is 37.6. The Balaban J connectivity index is 1.19. The van der Waals surface area contributed by atoms with Crippen LogP contribution in [-0.4, -0.2) is 56.8 Å². The number of aromatic nitrogens is 2. The summed E-state index contributed by atoms with van der Waals surface area (Å²) in [4.78, 5) is 61.1. The van der Waals surface area contributed by atoms with Crippen LogP contribution in [0.15, 0.2) is 109 Å². The molecule has 8 N–H and O–H groups in total. The molecule has 11 heteroatoms. The van der Waals surface area contributed by atoms with Crippen molar-refractivity contribution in [1.29, 1.82) is 0 Å². The number of amides is 4. The van der Waals surface area contributed by atoms with Gasteiger partial charge in [0.25, 0.3) is 0 Å². The van der Waals surface area contributed by atoms with Crippen molar-refractivity contribution in [2.45, 2.75) is 56.7 Å². The van der Waals surface area contributed by atoms with Crippen molar-refractivity contribution in [1.82, 2.24) is 25.9 Å². The SMILES string of the molecule is NC(=O)[C@H](Cc1ccc(O)cc1)NC(=O)[C@H](Cc1c[nH]c2ccccc12)NC(=O)[C@@H]1Cc2c[nH]c3ccc(cc23)C/C=C/c2cccc(c2)CCC(=O)N1. The van der Waals surface area contributed by atoms with Gasteiger partial charge in [0.05, 0.1) is 0 Å². The Morgan fingerprint density at radius 3 is 2.43 bits per heavy atom. The van der Waals surface area contributed by atoms with E-state index in [9.17, 15) is 24.3 Å². The highest BCUT2D eigenvalue weighted by molar-refractivity contribution is 5.95. The summed E-state index contributed by atoms with van der Waals surface area (Å²) in [7, 11) is 0. The molecule has 0 saturated carbocycles. The molecule has 3 heterocycles. The largest absolute Gasteiger partial charge is 0.508 e. The third-order valence-electron chi connectivity index (χ3n) is 9.93. The van der Waals surface area contributed by atoms with E-state index in [-0.39, 0.29) is 37.3 Å². The fourth-order valence-electron chi connectivity index (χ4n) is 7.02. The molecule has 1 aliphatic rings. The van der Waals surface area contributed by atoms with Gasteiger partial charge in [0.1, 0.15) is 23.9 Å². The highest BCUT2D eigenvalue weighted by Gasteiger charge is 2.31. The molecule has 4 amide bonds. The summed E-state index contributed by atoms with van der Waals surface area (Å²) in [5.74, 6) is -2.15. The number of H-pyrrole nitrogens is 2. The number of aromatic hydroxyl groups is 1. The summed E-state index contributed by atoms with van der Waals surface area (Å²) >= 11 is 0. The van der Waals surface area contributed by atoms with Gasteiger partial charge in [0.15, 0.2) is 0 Å². The molecule has 0 spiro atoms. The number of aromatic amines is 2. The zero-order valence-corrected chi connectivity index (χ0v) is 29.6. The maximum atomic E-state index is 14.4. The fraction of sp³-hybridized carbons (Fsp3) is 0.209. The number of carbonyl (C=O) groups is 4. The van der Waals surface area contributed by atoms with Gasteiger partial charge in [-0.25, -0.2) is 0 Å². The normalized spacial score (nSPS) is 16.4. The highest BCUT2D eigenvalue weighted by atomic mass is 16.3. The molecule has 7 rings (SSSR count). The van der Waals surface area contributed by atoms with E-state index in [1.54, 1.807) is 18.3 Å². The van der Waals surface area contributed by atoms with Crippen LogP contribution in [0.1, 0.15) is 39.8 Å². The molecule has 274 valence electrons. The number of allylic oxidation sites excluding steroid dienone is 1. The Morgan fingerprint density at radius 1 is 0.796 bits per heavy atom. The minimum atomic E-state index is -1.14. The molecule has 54 heavy (non-hydrogen) atoms. The van der Waals surface area contributed by atoms with Crippen molar-refractivity contribution in [3.63, 3.8) is 0 Å². The van der Waals surface area contributed by atoms with Gasteiger partial charge >= 0.3 is 0 Å². The monoisotopic (exact) mass is 722 g/mol. The zero-order valence-electron chi connectivity index (χ0n) is 29.6. The Labute approximate surface area is 312 Å². The van der Waals surface area contributed by atoms with Crippen molar-refractivity contribution in [2.75, 3.05) is 0 Å². The van der Waals surface area contributed by atoms with Crippen LogP contribution in [-0.2, 0) is 51.3 Å². The van der Waals surface area contributed by atoms with Crippen LogP contribution in [0.2, 0.25) is 0 Å². The van der Waals surface area contributed by atoms with E-state index in [0.717, 1.165) is 56.0 Å². The van der Waals surface area contributed by atoms with E-state index in [0.29, 0.717) is 12.0 Å². The smallest absolute Gasteiger partial charge is 0.243 e. The van der Waals surface area contributed by atoms with Crippen molar-refractivity contribution >= 4 is 51.5 Å². The maximum Gasteiger partial charge on any atom is 0.243 e. The molecule has 11 nitrogen and oxygen atoms in total. The highest BCUT2D eigenvalue weighted by Crippen LogP contribution is 2.24. The van der Waals surface area contributed by atoms with Crippen LogP contribution in [0.4, 0.5) is 0 Å². The quantitative estimate of drug-likeness (QED) is 0.116. The molecule has 4 bridgehead atoms. The molecular formula is C43H42N6O5. The Morgan fingerprint density at radius 2 is 1.59 bits per heavy atom. The van der Waals surface area contributed by atoms with Gasteiger partial charge in [-0.1, -0.05) is 72.8 Å². The number of nitrogens with one attached hydrogen (secondary N) is 5. The van der Waals surface area contributed by atoms with Gasteiger partial charge in [-0.2, -0.15) is 0 Å². The van der Waals surface area contributed by atoms with Gasteiger partial charge in [0.2, 0.25) is 23.6 Å². The number of phenols is 1. The molecule has 4 aromatic carbocycles. The van der Waals surface area contributed by atoms with Crippen LogP contribution in [0.3, 0.4) is 0 Å². The molecule has 0 radical (unpaired) electrons. The van der Waals surface area contributed by atoms with E-state index >= 15 is 0 Å². The number of benzene rings is 4. The lowest BCUT2D eigenvalue weighted by Crippen LogP contribution is -2.57. The van der Waals surface area contributed by atoms with Gasteiger partial charge in [-0.3, -0.25) is 19.2 Å². The second-order valence-corrected chi connectivity index (χ2v) is 13.8. The van der Waals surface area contributed by atoms with E-state index in [4.69, 9.17) is 5.73 Å². The maximum absolute atomic E-state index is 14.4. The summed E-state index contributed by atoms with van der Waals surface area (Å²) in [5.41, 5.74) is 13.0. The van der Waals surface area contributed by atoms with E-state index < -0.39 is 35.8 Å². The molecule has 0 fully saturated rings. The van der Waals surface area contributed by atoms with Crippen molar-refractivity contribution in [3.8, 4) is 5.75 Å². The van der Waals surface area contributed by atoms with E-state index in [2.05, 4.69) is 56.3 Å². The van der Waals surface area contributed by atoms with Crippen molar-refractivity contribution in [3.05, 3.63) is 143 Å². The minimum absolute atomic E-state index is 0.0650. The predicted octanol–water partition coefficient (Wildman–Crippen LogP) is 4.52. The minimum Gasteiger partial charge on any atom is -0.508 e. The second-order valence-electron chi connectivity index (χ2n) is 13.8. The molecule has 0 unspecified atom stereocenters. The lowest BCUT2D eigenvalue weighted by atomic mass is 9.99. The Bertz CT molecular complexity index is 2360. The third kappa shape index (κ3) is 8.53. The van der Waals surface area contributed by atoms with E-state index in [1.165, 1.54) is 12.1 Å². The summed E-state index contributed by atoms with van der Waals surface area (Å²) in [5, 5.41) is 20.2. The summed E-state index contributed by atoms with van der Waals surface area (Å²) in [6, 6.07) is 24.8. The fourth-order valence-corrected chi connectivity index (χ4v) is 7.02. The number of hydrogen-bond acceptors (Lipinski definition) is 5. The first kappa shape index (κ1) is 35.8. The number of carbonyl (C=O) groups excluding carboxylic acids is 4. The summed E-state index contributed by atoms with van der Waals surface area (Å²) in [6.07, 6.45) is 9.54. The van der Waals surface area contributed by atoms with Crippen molar-refractivity contribution < 1.29 is 24.3 Å². The predicted molar refractivity (Wildman–Crippen MR) is 208 cm³/mol. The van der Waals surface area contributed by atoms with Gasteiger partial charge in [-0.15, -0.1) is 0 Å². The number of fused-ring (bicyclic) bond motifs is 4. The van der Waals surface area contributed by atoms with Crippen molar-refractivity contribution in [2.24, 2.45) is 5.73 Å². The van der Waals surface area contributed by atoms with Crippen LogP contribution < -0.4 is 21.7 Å². The first-order valence-corrected chi connectivity index (χ1v) is 18.0. The first-order valence-electron chi connectivity index (χ1n) is 18.0. The first-order chi connectivity index (χ1) is 26.2. The Hall–Kier alpha value is -6.62. The van der Waals surface area contributed by atoms with Crippen LogP contribution in [0.25, 0.3) is 27.9 Å². The molecular weight excluding hydrogens is 681 g/mol. The van der Waals surface area contributed by atoms with Gasteiger partial charge in [-0.05, 0) is 76.6 Å². The number of aryl methyl sites for hydroxylation is 1. The standard InChI is InChI=1S/C43H42N6O5/c44-41(52)37(21-29-11-15-32(50)16-12-29)48-43(54)39(22-30-24-45-35-10-2-1-9-33(30)35)49-42(53)38-23-31-25-46-36-17-13-28(20-34(31)36)8-4-6-26-5-3-7-27(19-26)14-18-40(51)47-38/h1-7,9-13,15-17,19-20,24-25,37-39,45-46,50H,8,14,18,21-23H2,(H2,44,52)(H,47,51)(H,48,54)(H,49,53)/b6-4+/t37-,38-,39-/m0/s1. The number of para-hydroxylation sites is 1. The number of phenolic OH excluding ortho intramolecular Hbond substituents is 1.